The highest BCUT2D eigenvalue weighted by Gasteiger charge is 1.95. The van der Waals surface area contributed by atoms with Crippen LogP contribution < -0.4 is 5.32 Å². The highest BCUT2D eigenvalue weighted by molar-refractivity contribution is 4.54. The lowest BCUT2D eigenvalue weighted by Crippen LogP contribution is -2.23. The van der Waals surface area contributed by atoms with Gasteiger partial charge >= 0.3 is 0 Å². The molecule has 0 heterocycles. The minimum Gasteiger partial charge on any atom is -0.315 e. The van der Waals surface area contributed by atoms with Crippen molar-refractivity contribution in [2.75, 3.05) is 6.54 Å². The smallest absolute Gasteiger partial charge is 0.00103 e. The summed E-state index contributed by atoms with van der Waals surface area (Å²) in [5.74, 6) is 0. The summed E-state index contributed by atoms with van der Waals surface area (Å²) in [6, 6.07) is 0.650. The minimum atomic E-state index is 0.650. The molecule has 128 valence electrons. The summed E-state index contributed by atoms with van der Waals surface area (Å²) in [4.78, 5) is 0. The highest BCUT2D eigenvalue weighted by Crippen LogP contribution is 2.13. The number of nitrogens with one attached hydrogen (secondary N) is 1. The lowest BCUT2D eigenvalue weighted by molar-refractivity contribution is 0.517. The van der Waals surface area contributed by atoms with E-state index in [0.717, 1.165) is 0 Å². The van der Waals surface area contributed by atoms with Crippen molar-refractivity contribution in [2.45, 2.75) is 123 Å². The van der Waals surface area contributed by atoms with Crippen LogP contribution in [-0.4, -0.2) is 12.6 Å². The Hall–Kier alpha value is -0.0400. The van der Waals surface area contributed by atoms with Gasteiger partial charge in [0.1, 0.15) is 0 Å². The maximum absolute atomic E-state index is 3.49. The van der Waals surface area contributed by atoms with Gasteiger partial charge in [0.25, 0.3) is 0 Å². The second-order valence-electron chi connectivity index (χ2n) is 7.06. The van der Waals surface area contributed by atoms with E-state index in [-0.39, 0.29) is 0 Å². The van der Waals surface area contributed by atoms with Crippen molar-refractivity contribution in [1.82, 2.24) is 5.32 Å². The summed E-state index contributed by atoms with van der Waals surface area (Å²) in [5.41, 5.74) is 0. The van der Waals surface area contributed by atoms with Crippen molar-refractivity contribution in [3.8, 4) is 0 Å². The first kappa shape index (κ1) is 21.0. The van der Waals surface area contributed by atoms with Gasteiger partial charge in [-0.3, -0.25) is 0 Å². The Bertz CT molecular complexity index is 177. The molecule has 0 amide bonds. The van der Waals surface area contributed by atoms with Crippen LogP contribution in [0.15, 0.2) is 0 Å². The summed E-state index contributed by atoms with van der Waals surface area (Å²) >= 11 is 0. The van der Waals surface area contributed by atoms with Crippen LogP contribution in [0, 0.1) is 0 Å². The SMILES string of the molecule is CCCCCCCCCCCCCCCCCNC(C)C. The van der Waals surface area contributed by atoms with E-state index in [1.54, 1.807) is 0 Å². The van der Waals surface area contributed by atoms with E-state index in [9.17, 15) is 0 Å². The van der Waals surface area contributed by atoms with E-state index in [1.807, 2.05) is 0 Å². The minimum absolute atomic E-state index is 0.650. The molecule has 21 heavy (non-hydrogen) atoms. The molecule has 1 nitrogen and oxygen atoms in total. The first-order valence-corrected chi connectivity index (χ1v) is 10.0. The summed E-state index contributed by atoms with van der Waals surface area (Å²) in [7, 11) is 0. The maximum Gasteiger partial charge on any atom is 0.00103 e. The first-order chi connectivity index (χ1) is 10.3. The van der Waals surface area contributed by atoms with Gasteiger partial charge in [0.2, 0.25) is 0 Å². The second kappa shape index (κ2) is 18.0. The quantitative estimate of drug-likeness (QED) is 0.289. The molecule has 0 spiro atoms. The second-order valence-corrected chi connectivity index (χ2v) is 7.06. The third-order valence-corrected chi connectivity index (χ3v) is 4.33. The van der Waals surface area contributed by atoms with Gasteiger partial charge < -0.3 is 5.32 Å². The van der Waals surface area contributed by atoms with Crippen molar-refractivity contribution in [1.29, 1.82) is 0 Å². The van der Waals surface area contributed by atoms with Gasteiger partial charge in [-0.15, -0.1) is 0 Å². The molecule has 0 aromatic carbocycles. The van der Waals surface area contributed by atoms with Gasteiger partial charge in [0.05, 0.1) is 0 Å². The standard InChI is InChI=1S/C20H43N/c1-4-5-6-7-8-9-10-11-12-13-14-15-16-17-18-19-21-20(2)3/h20-21H,4-19H2,1-3H3. The van der Waals surface area contributed by atoms with E-state index in [1.165, 1.54) is 103 Å². The third-order valence-electron chi connectivity index (χ3n) is 4.33. The van der Waals surface area contributed by atoms with Gasteiger partial charge in [-0.25, -0.2) is 0 Å². The van der Waals surface area contributed by atoms with E-state index < -0.39 is 0 Å². The zero-order chi connectivity index (χ0) is 15.6. The molecule has 0 rings (SSSR count). The van der Waals surface area contributed by atoms with Crippen LogP contribution in [0.4, 0.5) is 0 Å². The molecule has 1 N–H and O–H groups in total. The molecule has 0 bridgehead atoms. The molecule has 0 aliphatic heterocycles. The predicted molar refractivity (Wildman–Crippen MR) is 98.1 cm³/mol. The lowest BCUT2D eigenvalue weighted by atomic mass is 10.0. The van der Waals surface area contributed by atoms with Gasteiger partial charge in [0, 0.05) is 6.04 Å². The van der Waals surface area contributed by atoms with Crippen LogP contribution >= 0.6 is 0 Å². The third kappa shape index (κ3) is 20.0. The zero-order valence-electron chi connectivity index (χ0n) is 15.4. The molecule has 0 radical (unpaired) electrons. The van der Waals surface area contributed by atoms with Crippen LogP contribution in [0.2, 0.25) is 0 Å². The van der Waals surface area contributed by atoms with Gasteiger partial charge in [-0.1, -0.05) is 111 Å². The number of unbranched alkanes of at least 4 members (excludes halogenated alkanes) is 14. The van der Waals surface area contributed by atoms with Crippen molar-refractivity contribution < 1.29 is 0 Å². The lowest BCUT2D eigenvalue weighted by Gasteiger charge is -2.07. The summed E-state index contributed by atoms with van der Waals surface area (Å²) in [5, 5.41) is 3.49. The molecule has 0 aliphatic carbocycles. The average Bonchev–Trinajstić information content (AvgIpc) is 2.46. The van der Waals surface area contributed by atoms with Crippen molar-refractivity contribution in [2.24, 2.45) is 0 Å². The number of rotatable bonds is 17. The van der Waals surface area contributed by atoms with E-state index in [0.29, 0.717) is 6.04 Å². The molecule has 0 aromatic rings. The largest absolute Gasteiger partial charge is 0.315 e. The Balaban J connectivity index is 2.93. The monoisotopic (exact) mass is 297 g/mol. The zero-order valence-corrected chi connectivity index (χ0v) is 15.4. The summed E-state index contributed by atoms with van der Waals surface area (Å²) < 4.78 is 0. The summed E-state index contributed by atoms with van der Waals surface area (Å²) in [6.07, 6.45) is 21.7. The van der Waals surface area contributed by atoms with Crippen LogP contribution in [-0.2, 0) is 0 Å². The Morgan fingerprint density at radius 3 is 1.19 bits per heavy atom. The van der Waals surface area contributed by atoms with Crippen molar-refractivity contribution in [3.05, 3.63) is 0 Å². The van der Waals surface area contributed by atoms with Crippen LogP contribution in [0.3, 0.4) is 0 Å². The van der Waals surface area contributed by atoms with Crippen LogP contribution in [0.5, 0.6) is 0 Å². The van der Waals surface area contributed by atoms with Crippen LogP contribution in [0.1, 0.15) is 117 Å². The topological polar surface area (TPSA) is 12.0 Å². The molecular formula is C20H43N. The molecule has 0 atom stereocenters. The van der Waals surface area contributed by atoms with Crippen LogP contribution in [0.25, 0.3) is 0 Å². The highest BCUT2D eigenvalue weighted by atomic mass is 14.9. The molecule has 1 heteroatoms. The molecule has 0 saturated heterocycles. The van der Waals surface area contributed by atoms with Gasteiger partial charge in [0.15, 0.2) is 0 Å². The normalized spacial score (nSPS) is 11.4. The van der Waals surface area contributed by atoms with E-state index in [4.69, 9.17) is 0 Å². The average molecular weight is 298 g/mol. The van der Waals surface area contributed by atoms with Crippen molar-refractivity contribution >= 4 is 0 Å². The van der Waals surface area contributed by atoms with E-state index in [2.05, 4.69) is 26.1 Å². The fraction of sp³-hybridized carbons (Fsp3) is 1.00. The Morgan fingerprint density at radius 2 is 0.857 bits per heavy atom. The Kier molecular flexibility index (Phi) is 18.0. The molecule has 0 aliphatic rings. The van der Waals surface area contributed by atoms with E-state index >= 15 is 0 Å². The van der Waals surface area contributed by atoms with Gasteiger partial charge in [-0.05, 0) is 13.0 Å². The Morgan fingerprint density at radius 1 is 0.524 bits per heavy atom. The molecule has 0 aromatic heterocycles. The fourth-order valence-corrected chi connectivity index (χ4v) is 2.89. The Labute approximate surface area is 135 Å². The first-order valence-electron chi connectivity index (χ1n) is 10.0. The predicted octanol–water partition coefficient (Wildman–Crippen LogP) is 6.86. The van der Waals surface area contributed by atoms with Crippen molar-refractivity contribution in [3.63, 3.8) is 0 Å². The molecule has 0 saturated carbocycles. The molecule has 0 unspecified atom stereocenters. The molecular weight excluding hydrogens is 254 g/mol. The molecule has 0 fully saturated rings. The maximum atomic E-state index is 3.49. The fourth-order valence-electron chi connectivity index (χ4n) is 2.89. The number of hydrogen-bond donors (Lipinski definition) is 1. The van der Waals surface area contributed by atoms with Gasteiger partial charge in [-0.2, -0.15) is 0 Å². The summed E-state index contributed by atoms with van der Waals surface area (Å²) in [6.45, 7) is 7.95. The number of hydrogen-bond acceptors (Lipinski definition) is 1.